The summed E-state index contributed by atoms with van der Waals surface area (Å²) in [6.45, 7) is 14.2. The summed E-state index contributed by atoms with van der Waals surface area (Å²) in [7, 11) is 0. The van der Waals surface area contributed by atoms with Gasteiger partial charge in [0.1, 0.15) is 0 Å². The Bertz CT molecular complexity index is 1190. The lowest BCUT2D eigenvalue weighted by molar-refractivity contribution is 0.233. The minimum Gasteiger partial charge on any atom is -0.314 e. The number of piperazine rings is 1. The van der Waals surface area contributed by atoms with Gasteiger partial charge in [-0.2, -0.15) is 0 Å². The highest BCUT2D eigenvalue weighted by Gasteiger charge is 2.10. The molecule has 1 saturated heterocycles. The van der Waals surface area contributed by atoms with Crippen LogP contribution in [0.4, 0.5) is 0 Å². The van der Waals surface area contributed by atoms with Crippen LogP contribution >= 0.6 is 0 Å². The van der Waals surface area contributed by atoms with Crippen molar-refractivity contribution in [2.45, 2.75) is 46.1 Å². The van der Waals surface area contributed by atoms with Crippen molar-refractivity contribution in [3.05, 3.63) is 83.7 Å². The van der Waals surface area contributed by atoms with E-state index in [0.717, 1.165) is 43.8 Å². The molecule has 4 nitrogen and oxygen atoms in total. The van der Waals surface area contributed by atoms with Crippen LogP contribution in [-0.4, -0.2) is 41.0 Å². The molecule has 0 bridgehead atoms. The van der Waals surface area contributed by atoms with Crippen molar-refractivity contribution in [2.24, 2.45) is 0 Å². The van der Waals surface area contributed by atoms with E-state index in [1.807, 2.05) is 12.1 Å². The number of fused-ring (bicyclic) bond motifs is 2. The number of para-hydroxylation sites is 1. The van der Waals surface area contributed by atoms with Gasteiger partial charge in [0.25, 0.3) is 0 Å². The van der Waals surface area contributed by atoms with Crippen LogP contribution in [0.2, 0.25) is 0 Å². The summed E-state index contributed by atoms with van der Waals surface area (Å²) in [6, 6.07) is 23.5. The maximum Gasteiger partial charge on any atom is 0.0705 e. The van der Waals surface area contributed by atoms with Crippen molar-refractivity contribution in [1.29, 1.82) is 0 Å². The van der Waals surface area contributed by atoms with Gasteiger partial charge in [-0.25, -0.2) is 0 Å². The standard InChI is InChI=1S/C17H23N3.C12H13N/c1-13(2)16-6-4-15-11-14(3-5-17(15)19-16)12-20-9-7-18-8-10-20;1-9(2)11-8-7-10-5-3-4-6-12(10)13-11/h3-6,11,13,18H,7-10,12H2,1-2H3;3-9H,1-2H3. The number of pyridine rings is 2. The molecule has 0 aliphatic carbocycles. The second-order valence-corrected chi connectivity index (χ2v) is 9.53. The van der Waals surface area contributed by atoms with Gasteiger partial charge < -0.3 is 5.32 Å². The van der Waals surface area contributed by atoms with Gasteiger partial charge in [0, 0.05) is 54.9 Å². The van der Waals surface area contributed by atoms with Gasteiger partial charge in [-0.1, -0.05) is 64.1 Å². The largest absolute Gasteiger partial charge is 0.314 e. The molecule has 1 N–H and O–H groups in total. The molecule has 0 radical (unpaired) electrons. The summed E-state index contributed by atoms with van der Waals surface area (Å²) >= 11 is 0. The smallest absolute Gasteiger partial charge is 0.0705 e. The topological polar surface area (TPSA) is 41.0 Å². The number of benzene rings is 2. The molecule has 2 aromatic carbocycles. The first-order valence-corrected chi connectivity index (χ1v) is 12.2. The molecule has 1 aliphatic heterocycles. The zero-order chi connectivity index (χ0) is 23.2. The van der Waals surface area contributed by atoms with Crippen molar-refractivity contribution < 1.29 is 0 Å². The van der Waals surface area contributed by atoms with E-state index in [9.17, 15) is 0 Å². The van der Waals surface area contributed by atoms with E-state index >= 15 is 0 Å². The van der Waals surface area contributed by atoms with E-state index < -0.39 is 0 Å². The number of aromatic nitrogens is 2. The van der Waals surface area contributed by atoms with Crippen LogP contribution < -0.4 is 5.32 Å². The van der Waals surface area contributed by atoms with E-state index in [-0.39, 0.29) is 0 Å². The molecule has 4 heteroatoms. The monoisotopic (exact) mass is 440 g/mol. The van der Waals surface area contributed by atoms with Crippen LogP contribution in [0.1, 0.15) is 56.5 Å². The molecular weight excluding hydrogens is 404 g/mol. The molecule has 0 atom stereocenters. The highest BCUT2D eigenvalue weighted by Crippen LogP contribution is 2.20. The zero-order valence-corrected chi connectivity index (χ0v) is 20.4. The first kappa shape index (κ1) is 23.3. The summed E-state index contributed by atoms with van der Waals surface area (Å²) in [4.78, 5) is 11.8. The Kier molecular flexibility index (Phi) is 7.69. The number of hydrogen-bond acceptors (Lipinski definition) is 4. The second kappa shape index (κ2) is 10.9. The molecule has 2 aromatic heterocycles. The lowest BCUT2D eigenvalue weighted by Crippen LogP contribution is -2.42. The highest BCUT2D eigenvalue weighted by atomic mass is 15.2. The highest BCUT2D eigenvalue weighted by molar-refractivity contribution is 5.79. The predicted octanol–water partition coefficient (Wildman–Crippen LogP) is 6.12. The van der Waals surface area contributed by atoms with Crippen LogP contribution in [0.5, 0.6) is 0 Å². The molecule has 0 amide bonds. The van der Waals surface area contributed by atoms with Gasteiger partial charge in [0.05, 0.1) is 11.0 Å². The van der Waals surface area contributed by atoms with Crippen molar-refractivity contribution >= 4 is 21.8 Å². The average molecular weight is 441 g/mol. The summed E-state index contributed by atoms with van der Waals surface area (Å²) < 4.78 is 0. The Morgan fingerprint density at radius 1 is 0.727 bits per heavy atom. The van der Waals surface area contributed by atoms with Crippen LogP contribution in [0.15, 0.2) is 66.7 Å². The van der Waals surface area contributed by atoms with Gasteiger partial charge in [-0.05, 0) is 47.7 Å². The fourth-order valence-corrected chi connectivity index (χ4v) is 4.14. The summed E-state index contributed by atoms with van der Waals surface area (Å²) in [5.74, 6) is 0.990. The summed E-state index contributed by atoms with van der Waals surface area (Å²) in [6.07, 6.45) is 0. The third-order valence-corrected chi connectivity index (χ3v) is 6.19. The van der Waals surface area contributed by atoms with Crippen LogP contribution in [0, 0.1) is 0 Å². The fraction of sp³-hybridized carbons (Fsp3) is 0.379. The molecular formula is C29H36N4. The van der Waals surface area contributed by atoms with Crippen LogP contribution in [-0.2, 0) is 6.54 Å². The normalized spacial score (nSPS) is 14.6. The molecule has 0 unspecified atom stereocenters. The lowest BCUT2D eigenvalue weighted by atomic mass is 10.1. The molecule has 0 spiro atoms. The molecule has 1 aliphatic rings. The molecule has 172 valence electrons. The Hall–Kier alpha value is -2.82. The lowest BCUT2D eigenvalue weighted by Gasteiger charge is -2.27. The van der Waals surface area contributed by atoms with Gasteiger partial charge in [-0.15, -0.1) is 0 Å². The summed E-state index contributed by atoms with van der Waals surface area (Å²) in [5, 5.41) is 5.86. The Balaban J connectivity index is 0.000000172. The number of nitrogens with zero attached hydrogens (tertiary/aromatic N) is 3. The minimum atomic E-state index is 0.486. The second-order valence-electron chi connectivity index (χ2n) is 9.53. The molecule has 4 aromatic rings. The Morgan fingerprint density at radius 2 is 1.33 bits per heavy atom. The van der Waals surface area contributed by atoms with Gasteiger partial charge >= 0.3 is 0 Å². The van der Waals surface area contributed by atoms with E-state index in [2.05, 4.69) is 97.5 Å². The maximum absolute atomic E-state index is 4.74. The van der Waals surface area contributed by atoms with Crippen LogP contribution in [0.25, 0.3) is 21.8 Å². The van der Waals surface area contributed by atoms with Crippen LogP contribution in [0.3, 0.4) is 0 Å². The first-order valence-electron chi connectivity index (χ1n) is 12.2. The predicted molar refractivity (Wildman–Crippen MR) is 140 cm³/mol. The number of hydrogen-bond donors (Lipinski definition) is 1. The number of rotatable bonds is 4. The minimum absolute atomic E-state index is 0.486. The van der Waals surface area contributed by atoms with Crippen molar-refractivity contribution in [1.82, 2.24) is 20.2 Å². The Labute approximate surface area is 198 Å². The third kappa shape index (κ3) is 6.16. The average Bonchev–Trinajstić information content (AvgIpc) is 2.84. The molecule has 1 fully saturated rings. The Morgan fingerprint density at radius 3 is 2.00 bits per heavy atom. The quantitative estimate of drug-likeness (QED) is 0.415. The molecule has 33 heavy (non-hydrogen) atoms. The van der Waals surface area contributed by atoms with E-state index in [1.165, 1.54) is 27.7 Å². The van der Waals surface area contributed by atoms with Crippen molar-refractivity contribution in [3.8, 4) is 0 Å². The van der Waals surface area contributed by atoms with Crippen molar-refractivity contribution in [3.63, 3.8) is 0 Å². The molecule has 0 saturated carbocycles. The fourth-order valence-electron chi connectivity index (χ4n) is 4.14. The van der Waals surface area contributed by atoms with Crippen molar-refractivity contribution in [2.75, 3.05) is 26.2 Å². The maximum atomic E-state index is 4.74. The first-order chi connectivity index (χ1) is 16.0. The van der Waals surface area contributed by atoms with Gasteiger partial charge in [-0.3, -0.25) is 14.9 Å². The van der Waals surface area contributed by atoms with Gasteiger partial charge in [0.15, 0.2) is 0 Å². The summed E-state index contributed by atoms with van der Waals surface area (Å²) in [5.41, 5.74) is 5.93. The zero-order valence-electron chi connectivity index (χ0n) is 20.4. The van der Waals surface area contributed by atoms with E-state index in [4.69, 9.17) is 4.98 Å². The number of nitrogens with one attached hydrogen (secondary N) is 1. The van der Waals surface area contributed by atoms with Gasteiger partial charge in [0.2, 0.25) is 0 Å². The molecule has 3 heterocycles. The molecule has 5 rings (SSSR count). The van der Waals surface area contributed by atoms with E-state index in [1.54, 1.807) is 0 Å². The van der Waals surface area contributed by atoms with E-state index in [0.29, 0.717) is 11.8 Å². The third-order valence-electron chi connectivity index (χ3n) is 6.19. The SMILES string of the molecule is CC(C)c1ccc2cc(CN3CCNCC3)ccc2n1.CC(C)c1ccc2ccccc2n1.